The van der Waals surface area contributed by atoms with Crippen LogP contribution in [0.5, 0.6) is 0 Å². The van der Waals surface area contributed by atoms with E-state index in [1.54, 1.807) is 31.2 Å². The molecule has 0 saturated heterocycles. The Bertz CT molecular complexity index is 686. The molecule has 1 N–H and O–H groups in total. The number of nitro groups is 1. The Balaban J connectivity index is 2.35. The molecular weight excluding hydrogens is 371 g/mol. The van der Waals surface area contributed by atoms with Crippen LogP contribution >= 0.6 is 22.6 Å². The number of carbonyl (C=O) groups excluding carboxylic acids is 1. The third-order valence-electron chi connectivity index (χ3n) is 2.75. The Kier molecular flexibility index (Phi) is 4.33. The molecule has 2 rings (SSSR count). The lowest BCUT2D eigenvalue weighted by atomic mass is 10.1. The number of nitrogens with one attached hydrogen (secondary N) is 1. The van der Waals surface area contributed by atoms with E-state index in [1.807, 2.05) is 12.1 Å². The summed E-state index contributed by atoms with van der Waals surface area (Å²) in [6.07, 6.45) is 0. The van der Waals surface area contributed by atoms with Gasteiger partial charge >= 0.3 is 0 Å². The quantitative estimate of drug-likeness (QED) is 0.499. The predicted octanol–water partition coefficient (Wildman–Crippen LogP) is 3.76. The van der Waals surface area contributed by atoms with Gasteiger partial charge < -0.3 is 5.32 Å². The van der Waals surface area contributed by atoms with Crippen LogP contribution in [0.25, 0.3) is 0 Å². The molecule has 0 fully saturated rings. The first-order valence-corrected chi connectivity index (χ1v) is 6.88. The lowest BCUT2D eigenvalue weighted by molar-refractivity contribution is -0.385. The molecule has 102 valence electrons. The molecule has 0 unspecified atom stereocenters. The standard InChI is InChI=1S/C14H11IN2O3/c1-9-4-2-7-12(13(9)17(19)20)14(18)16-11-6-3-5-10(15)8-11/h2-8H,1H3,(H,16,18). The summed E-state index contributed by atoms with van der Waals surface area (Å²) in [7, 11) is 0. The second kappa shape index (κ2) is 6.00. The van der Waals surface area contributed by atoms with Crippen molar-refractivity contribution < 1.29 is 9.72 Å². The second-order valence-electron chi connectivity index (χ2n) is 4.19. The lowest BCUT2D eigenvalue weighted by Gasteiger charge is -2.07. The van der Waals surface area contributed by atoms with Crippen LogP contribution in [0, 0.1) is 20.6 Å². The van der Waals surface area contributed by atoms with Crippen molar-refractivity contribution in [3.05, 3.63) is 67.3 Å². The molecule has 0 bridgehead atoms. The third-order valence-corrected chi connectivity index (χ3v) is 3.42. The average Bonchev–Trinajstić information content (AvgIpc) is 2.37. The van der Waals surface area contributed by atoms with Crippen molar-refractivity contribution in [3.8, 4) is 0 Å². The van der Waals surface area contributed by atoms with Crippen molar-refractivity contribution >= 4 is 39.9 Å². The number of rotatable bonds is 3. The van der Waals surface area contributed by atoms with Gasteiger partial charge in [-0.25, -0.2) is 0 Å². The number of halogens is 1. The minimum atomic E-state index is -0.529. The third kappa shape index (κ3) is 3.13. The van der Waals surface area contributed by atoms with Gasteiger partial charge in [0, 0.05) is 14.8 Å². The SMILES string of the molecule is Cc1cccc(C(=O)Nc2cccc(I)c2)c1[N+](=O)[O-]. The number of nitrogens with zero attached hydrogens (tertiary/aromatic N) is 1. The van der Waals surface area contributed by atoms with Gasteiger partial charge in [0.15, 0.2) is 0 Å². The van der Waals surface area contributed by atoms with Crippen LogP contribution < -0.4 is 5.32 Å². The molecule has 0 saturated carbocycles. The van der Waals surface area contributed by atoms with Gasteiger partial charge in [-0.2, -0.15) is 0 Å². The van der Waals surface area contributed by atoms with Gasteiger partial charge in [-0.1, -0.05) is 18.2 Å². The van der Waals surface area contributed by atoms with E-state index in [2.05, 4.69) is 27.9 Å². The number of aryl methyl sites for hydroxylation is 1. The van der Waals surface area contributed by atoms with Crippen LogP contribution in [0.4, 0.5) is 11.4 Å². The Hall–Kier alpha value is -1.96. The van der Waals surface area contributed by atoms with E-state index >= 15 is 0 Å². The highest BCUT2D eigenvalue weighted by atomic mass is 127. The molecular formula is C14H11IN2O3. The number of anilines is 1. The maximum Gasteiger partial charge on any atom is 0.285 e. The van der Waals surface area contributed by atoms with Crippen molar-refractivity contribution in [2.75, 3.05) is 5.32 Å². The van der Waals surface area contributed by atoms with Crippen LogP contribution in [-0.4, -0.2) is 10.8 Å². The van der Waals surface area contributed by atoms with Crippen molar-refractivity contribution in [2.45, 2.75) is 6.92 Å². The molecule has 5 nitrogen and oxygen atoms in total. The molecule has 0 radical (unpaired) electrons. The molecule has 0 aliphatic carbocycles. The van der Waals surface area contributed by atoms with Crippen molar-refractivity contribution in [2.24, 2.45) is 0 Å². The molecule has 0 atom stereocenters. The minimum absolute atomic E-state index is 0.0638. The second-order valence-corrected chi connectivity index (χ2v) is 5.44. The van der Waals surface area contributed by atoms with E-state index < -0.39 is 10.8 Å². The number of carbonyl (C=O) groups is 1. The van der Waals surface area contributed by atoms with E-state index in [9.17, 15) is 14.9 Å². The van der Waals surface area contributed by atoms with Crippen LogP contribution in [0.3, 0.4) is 0 Å². The molecule has 0 aliphatic heterocycles. The summed E-state index contributed by atoms with van der Waals surface area (Å²) in [4.78, 5) is 22.7. The Morgan fingerprint density at radius 2 is 1.95 bits per heavy atom. The van der Waals surface area contributed by atoms with E-state index in [4.69, 9.17) is 0 Å². The first-order valence-electron chi connectivity index (χ1n) is 5.80. The Morgan fingerprint density at radius 1 is 1.25 bits per heavy atom. The van der Waals surface area contributed by atoms with Gasteiger partial charge in [-0.3, -0.25) is 14.9 Å². The van der Waals surface area contributed by atoms with E-state index in [-0.39, 0.29) is 11.3 Å². The number of hydrogen-bond donors (Lipinski definition) is 1. The van der Waals surface area contributed by atoms with Gasteiger partial charge in [0.2, 0.25) is 0 Å². The van der Waals surface area contributed by atoms with Crippen LogP contribution in [0.15, 0.2) is 42.5 Å². The molecule has 0 heterocycles. The highest BCUT2D eigenvalue weighted by molar-refractivity contribution is 14.1. The predicted molar refractivity (Wildman–Crippen MR) is 84.9 cm³/mol. The van der Waals surface area contributed by atoms with Gasteiger partial charge in [-0.15, -0.1) is 0 Å². The average molecular weight is 382 g/mol. The molecule has 1 amide bonds. The monoisotopic (exact) mass is 382 g/mol. The van der Waals surface area contributed by atoms with Gasteiger partial charge in [0.1, 0.15) is 5.56 Å². The normalized spacial score (nSPS) is 10.1. The summed E-state index contributed by atoms with van der Waals surface area (Å²) in [6, 6.07) is 11.9. The van der Waals surface area contributed by atoms with Crippen molar-refractivity contribution in [1.29, 1.82) is 0 Å². The van der Waals surface area contributed by atoms with Crippen LogP contribution in [-0.2, 0) is 0 Å². The number of nitro benzene ring substituents is 1. The lowest BCUT2D eigenvalue weighted by Crippen LogP contribution is -2.14. The number of benzene rings is 2. The first kappa shape index (κ1) is 14.4. The molecule has 0 aliphatic rings. The van der Waals surface area contributed by atoms with E-state index in [0.29, 0.717) is 11.3 Å². The summed E-state index contributed by atoms with van der Waals surface area (Å²) in [5.41, 5.74) is 0.979. The largest absolute Gasteiger partial charge is 0.322 e. The molecule has 2 aromatic carbocycles. The number of hydrogen-bond acceptors (Lipinski definition) is 3. The van der Waals surface area contributed by atoms with E-state index in [0.717, 1.165) is 3.57 Å². The topological polar surface area (TPSA) is 72.2 Å². The molecule has 6 heteroatoms. The maximum absolute atomic E-state index is 12.2. The smallest absolute Gasteiger partial charge is 0.285 e. The zero-order chi connectivity index (χ0) is 14.7. The van der Waals surface area contributed by atoms with Crippen molar-refractivity contribution in [3.63, 3.8) is 0 Å². The Morgan fingerprint density at radius 3 is 2.60 bits per heavy atom. The molecule has 0 spiro atoms. The Labute approximate surface area is 129 Å². The first-order chi connectivity index (χ1) is 9.49. The maximum atomic E-state index is 12.2. The highest BCUT2D eigenvalue weighted by Crippen LogP contribution is 2.24. The summed E-state index contributed by atoms with van der Waals surface area (Å²) in [6.45, 7) is 1.61. The fourth-order valence-electron chi connectivity index (χ4n) is 1.85. The minimum Gasteiger partial charge on any atom is -0.322 e. The number of amides is 1. The fourth-order valence-corrected chi connectivity index (χ4v) is 2.39. The summed E-state index contributed by atoms with van der Waals surface area (Å²) in [5.74, 6) is -0.484. The van der Waals surface area contributed by atoms with Crippen LogP contribution in [0.2, 0.25) is 0 Å². The summed E-state index contributed by atoms with van der Waals surface area (Å²) >= 11 is 2.13. The fraction of sp³-hybridized carbons (Fsp3) is 0.0714. The zero-order valence-corrected chi connectivity index (χ0v) is 12.7. The molecule has 20 heavy (non-hydrogen) atoms. The molecule has 2 aromatic rings. The van der Waals surface area contributed by atoms with Gasteiger partial charge in [0.25, 0.3) is 11.6 Å². The van der Waals surface area contributed by atoms with Gasteiger partial charge in [-0.05, 0) is 53.8 Å². The zero-order valence-electron chi connectivity index (χ0n) is 10.6. The highest BCUT2D eigenvalue weighted by Gasteiger charge is 2.22. The number of para-hydroxylation sites is 1. The van der Waals surface area contributed by atoms with Crippen molar-refractivity contribution in [1.82, 2.24) is 0 Å². The molecule has 0 aromatic heterocycles. The van der Waals surface area contributed by atoms with Crippen LogP contribution in [0.1, 0.15) is 15.9 Å². The summed E-state index contributed by atoms with van der Waals surface area (Å²) in [5, 5.41) is 13.8. The van der Waals surface area contributed by atoms with Gasteiger partial charge in [0.05, 0.1) is 4.92 Å². The summed E-state index contributed by atoms with van der Waals surface area (Å²) < 4.78 is 0.971. The van der Waals surface area contributed by atoms with E-state index in [1.165, 1.54) is 6.07 Å².